The van der Waals surface area contributed by atoms with Gasteiger partial charge in [0.25, 0.3) is 0 Å². The van der Waals surface area contributed by atoms with Gasteiger partial charge in [-0.25, -0.2) is 0 Å². The number of pyridine rings is 1. The highest BCUT2D eigenvalue weighted by Crippen LogP contribution is 2.27. The Morgan fingerprint density at radius 3 is 3.11 bits per heavy atom. The summed E-state index contributed by atoms with van der Waals surface area (Å²) < 4.78 is 5.97. The van der Waals surface area contributed by atoms with Crippen LogP contribution in [0, 0.1) is 0 Å². The van der Waals surface area contributed by atoms with E-state index in [9.17, 15) is 0 Å². The maximum atomic E-state index is 6.18. The van der Waals surface area contributed by atoms with Gasteiger partial charge in [-0.3, -0.25) is 9.88 Å². The Bertz CT molecular complexity index is 463. The van der Waals surface area contributed by atoms with Crippen LogP contribution >= 0.6 is 23.2 Å². The molecule has 0 aromatic carbocycles. The van der Waals surface area contributed by atoms with E-state index in [1.54, 1.807) is 12.3 Å². The summed E-state index contributed by atoms with van der Waals surface area (Å²) in [6, 6.07) is 1.75. The Morgan fingerprint density at radius 2 is 2.37 bits per heavy atom. The van der Waals surface area contributed by atoms with Gasteiger partial charge in [-0.2, -0.15) is 0 Å². The molecule has 19 heavy (non-hydrogen) atoms. The molecule has 0 aliphatic carbocycles. The number of nitrogens with one attached hydrogen (secondary N) is 1. The number of rotatable bonds is 2. The molecule has 1 aromatic rings. The molecule has 1 N–H and O–H groups in total. The van der Waals surface area contributed by atoms with Crippen molar-refractivity contribution in [3.63, 3.8) is 0 Å². The Kier molecular flexibility index (Phi) is 3.96. The molecule has 2 aliphatic heterocycles. The fraction of sp³-hybridized carbons (Fsp3) is 0.615. The molecule has 2 aliphatic rings. The molecule has 2 saturated heterocycles. The van der Waals surface area contributed by atoms with Crippen LogP contribution in [0.25, 0.3) is 0 Å². The molecule has 0 amide bonds. The van der Waals surface area contributed by atoms with Gasteiger partial charge in [-0.05, 0) is 19.0 Å². The van der Waals surface area contributed by atoms with Gasteiger partial charge in [0, 0.05) is 32.4 Å². The zero-order valence-corrected chi connectivity index (χ0v) is 12.2. The Hall–Kier alpha value is -0.390. The summed E-state index contributed by atoms with van der Waals surface area (Å²) >= 11 is 12.1. The highest BCUT2D eigenvalue weighted by atomic mass is 35.5. The minimum atomic E-state index is -0.0167. The first-order valence-corrected chi connectivity index (χ1v) is 7.29. The molecule has 0 radical (unpaired) electrons. The molecule has 6 heteroatoms. The Labute approximate surface area is 123 Å². The first-order valence-electron chi connectivity index (χ1n) is 6.54. The van der Waals surface area contributed by atoms with Gasteiger partial charge in [-0.15, -0.1) is 0 Å². The van der Waals surface area contributed by atoms with Crippen molar-refractivity contribution >= 4 is 23.2 Å². The molecule has 104 valence electrons. The van der Waals surface area contributed by atoms with Crippen LogP contribution in [0.15, 0.2) is 12.3 Å². The third-order valence-corrected chi connectivity index (χ3v) is 4.32. The summed E-state index contributed by atoms with van der Waals surface area (Å²) in [4.78, 5) is 6.68. The monoisotopic (exact) mass is 301 g/mol. The van der Waals surface area contributed by atoms with Gasteiger partial charge in [0.15, 0.2) is 0 Å². The van der Waals surface area contributed by atoms with Crippen molar-refractivity contribution in [3.8, 4) is 0 Å². The van der Waals surface area contributed by atoms with Crippen LogP contribution in [0.5, 0.6) is 0 Å². The van der Waals surface area contributed by atoms with Gasteiger partial charge >= 0.3 is 0 Å². The van der Waals surface area contributed by atoms with Gasteiger partial charge in [0.2, 0.25) is 0 Å². The van der Waals surface area contributed by atoms with E-state index >= 15 is 0 Å². The summed E-state index contributed by atoms with van der Waals surface area (Å²) in [6.07, 6.45) is 2.72. The standard InChI is InChI=1S/C13H17Cl2N3O/c14-10-5-11(15)12(17-6-10)7-18-3-4-19-13(9-18)1-2-16-8-13/h5-6,16H,1-4,7-9H2. The van der Waals surface area contributed by atoms with Gasteiger partial charge in [0.05, 0.1) is 27.9 Å². The highest BCUT2D eigenvalue weighted by molar-refractivity contribution is 6.34. The molecule has 4 nitrogen and oxygen atoms in total. The first kappa shape index (κ1) is 13.6. The van der Waals surface area contributed by atoms with E-state index < -0.39 is 0 Å². The summed E-state index contributed by atoms with van der Waals surface area (Å²) in [5.41, 5.74) is 0.867. The van der Waals surface area contributed by atoms with Gasteiger partial charge in [-0.1, -0.05) is 23.2 Å². The van der Waals surface area contributed by atoms with E-state index in [0.717, 1.165) is 51.4 Å². The number of aromatic nitrogens is 1. The van der Waals surface area contributed by atoms with Crippen LogP contribution in [-0.4, -0.2) is 48.3 Å². The van der Waals surface area contributed by atoms with E-state index in [4.69, 9.17) is 27.9 Å². The summed E-state index contributed by atoms with van der Waals surface area (Å²) in [7, 11) is 0. The fourth-order valence-corrected chi connectivity index (χ4v) is 3.25. The Morgan fingerprint density at radius 1 is 1.47 bits per heavy atom. The predicted molar refractivity (Wildman–Crippen MR) is 75.7 cm³/mol. The minimum Gasteiger partial charge on any atom is -0.371 e. The molecule has 3 heterocycles. The zero-order chi connectivity index (χ0) is 13.3. The molecule has 1 atom stereocenters. The maximum absolute atomic E-state index is 6.18. The molecular formula is C13H17Cl2N3O. The molecule has 1 aromatic heterocycles. The van der Waals surface area contributed by atoms with Crippen LogP contribution in [0.2, 0.25) is 10.0 Å². The third-order valence-electron chi connectivity index (χ3n) is 3.79. The maximum Gasteiger partial charge on any atom is 0.0945 e. The van der Waals surface area contributed by atoms with Crippen LogP contribution in [0.3, 0.4) is 0 Å². The van der Waals surface area contributed by atoms with E-state index in [-0.39, 0.29) is 5.60 Å². The van der Waals surface area contributed by atoms with Crippen molar-refractivity contribution in [2.75, 3.05) is 32.8 Å². The predicted octanol–water partition coefficient (Wildman–Crippen LogP) is 1.95. The second-order valence-corrected chi connectivity index (χ2v) is 6.09. The van der Waals surface area contributed by atoms with E-state index in [0.29, 0.717) is 10.0 Å². The summed E-state index contributed by atoms with van der Waals surface area (Å²) in [6.45, 7) is 5.34. The number of ether oxygens (including phenoxy) is 1. The van der Waals surface area contributed by atoms with Gasteiger partial charge < -0.3 is 10.1 Å². The minimum absolute atomic E-state index is 0.0167. The van der Waals surface area contributed by atoms with Crippen LogP contribution in [-0.2, 0) is 11.3 Å². The van der Waals surface area contributed by atoms with Crippen molar-refractivity contribution in [1.82, 2.24) is 15.2 Å². The van der Waals surface area contributed by atoms with Crippen molar-refractivity contribution in [1.29, 1.82) is 0 Å². The number of hydrogen-bond acceptors (Lipinski definition) is 4. The molecule has 0 saturated carbocycles. The van der Waals surface area contributed by atoms with Crippen molar-refractivity contribution < 1.29 is 4.74 Å². The summed E-state index contributed by atoms with van der Waals surface area (Å²) in [5, 5.41) is 4.59. The molecular weight excluding hydrogens is 285 g/mol. The lowest BCUT2D eigenvalue weighted by molar-refractivity contribution is -0.0986. The molecule has 3 rings (SSSR count). The van der Waals surface area contributed by atoms with E-state index in [1.807, 2.05) is 0 Å². The highest BCUT2D eigenvalue weighted by Gasteiger charge is 2.39. The average Bonchev–Trinajstić information content (AvgIpc) is 2.81. The average molecular weight is 302 g/mol. The lowest BCUT2D eigenvalue weighted by Gasteiger charge is -2.39. The topological polar surface area (TPSA) is 37.4 Å². The fourth-order valence-electron chi connectivity index (χ4n) is 2.81. The van der Waals surface area contributed by atoms with Crippen LogP contribution in [0.4, 0.5) is 0 Å². The third kappa shape index (κ3) is 3.03. The van der Waals surface area contributed by atoms with E-state index in [1.165, 1.54) is 0 Å². The first-order chi connectivity index (χ1) is 9.17. The van der Waals surface area contributed by atoms with Crippen molar-refractivity contribution in [2.24, 2.45) is 0 Å². The quantitative estimate of drug-likeness (QED) is 0.906. The molecule has 1 spiro atoms. The van der Waals surface area contributed by atoms with Crippen LogP contribution in [0.1, 0.15) is 12.1 Å². The number of halogens is 2. The molecule has 1 unspecified atom stereocenters. The number of nitrogens with zero attached hydrogens (tertiary/aromatic N) is 2. The number of hydrogen-bond donors (Lipinski definition) is 1. The zero-order valence-electron chi connectivity index (χ0n) is 10.7. The van der Waals surface area contributed by atoms with E-state index in [2.05, 4.69) is 15.2 Å². The second kappa shape index (κ2) is 5.54. The molecule has 0 bridgehead atoms. The van der Waals surface area contributed by atoms with Gasteiger partial charge in [0.1, 0.15) is 0 Å². The second-order valence-electron chi connectivity index (χ2n) is 5.25. The van der Waals surface area contributed by atoms with Crippen molar-refractivity contribution in [3.05, 3.63) is 28.0 Å². The Balaban J connectivity index is 1.69. The van der Waals surface area contributed by atoms with Crippen LogP contribution < -0.4 is 5.32 Å². The SMILES string of the molecule is Clc1cnc(CN2CCOC3(CCNC3)C2)c(Cl)c1. The lowest BCUT2D eigenvalue weighted by atomic mass is 10.0. The smallest absolute Gasteiger partial charge is 0.0945 e. The number of morpholine rings is 1. The molecule has 2 fully saturated rings. The van der Waals surface area contributed by atoms with Crippen molar-refractivity contribution in [2.45, 2.75) is 18.6 Å². The lowest BCUT2D eigenvalue weighted by Crippen LogP contribution is -2.52. The largest absolute Gasteiger partial charge is 0.371 e. The summed E-state index contributed by atoms with van der Waals surface area (Å²) in [5.74, 6) is 0. The normalized spacial score (nSPS) is 28.1.